The number of rotatable bonds is 3. The number of para-hydroxylation sites is 1. The lowest BCUT2D eigenvalue weighted by Gasteiger charge is -2.11. The van der Waals surface area contributed by atoms with E-state index in [2.05, 4.69) is 14.7 Å². The van der Waals surface area contributed by atoms with Crippen LogP contribution in [0.25, 0.3) is 0 Å². The van der Waals surface area contributed by atoms with Crippen molar-refractivity contribution in [3.8, 4) is 0 Å². The van der Waals surface area contributed by atoms with Gasteiger partial charge in [0.15, 0.2) is 10.3 Å². The molecule has 9 heteroatoms. The molecule has 2 aromatic rings. The third-order valence-corrected chi connectivity index (χ3v) is 4.20. The number of nitrogens with zero attached hydrogens (tertiary/aromatic N) is 2. The number of hydrogen-bond donors (Lipinski definition) is 2. The number of benzene rings is 1. The van der Waals surface area contributed by atoms with Crippen LogP contribution in [0.3, 0.4) is 0 Å². The van der Waals surface area contributed by atoms with Crippen molar-refractivity contribution in [2.45, 2.75) is 4.90 Å². The first-order valence-corrected chi connectivity index (χ1v) is 7.19. The number of halogens is 2. The maximum absolute atomic E-state index is 12.2. The van der Waals surface area contributed by atoms with Crippen LogP contribution in [-0.2, 0) is 10.0 Å². The molecule has 0 atom stereocenters. The first-order chi connectivity index (χ1) is 8.92. The van der Waals surface area contributed by atoms with E-state index in [-0.39, 0.29) is 26.6 Å². The number of aromatic nitrogens is 2. The second-order valence-corrected chi connectivity index (χ2v) is 5.84. The minimum absolute atomic E-state index is 0.0778. The Kier molecular flexibility index (Phi) is 3.79. The van der Waals surface area contributed by atoms with E-state index in [1.165, 1.54) is 12.1 Å². The molecular formula is C10H8Cl2N4O2S. The lowest BCUT2D eigenvalue weighted by molar-refractivity contribution is 0.601. The molecule has 0 saturated heterocycles. The summed E-state index contributed by atoms with van der Waals surface area (Å²) in [6, 6.07) is 6.01. The van der Waals surface area contributed by atoms with Gasteiger partial charge in [0.2, 0.25) is 0 Å². The predicted octanol–water partition coefficient (Wildman–Crippen LogP) is 2.17. The molecule has 1 heterocycles. The Hall–Kier alpha value is -1.57. The second kappa shape index (κ2) is 5.20. The quantitative estimate of drug-likeness (QED) is 0.667. The van der Waals surface area contributed by atoms with Crippen LogP contribution in [0.1, 0.15) is 0 Å². The monoisotopic (exact) mass is 318 g/mol. The topological polar surface area (TPSA) is 98.0 Å². The normalized spacial score (nSPS) is 11.3. The van der Waals surface area contributed by atoms with E-state index < -0.39 is 10.0 Å². The minimum atomic E-state index is -3.91. The van der Waals surface area contributed by atoms with Crippen LogP contribution in [0, 0.1) is 0 Å². The highest BCUT2D eigenvalue weighted by atomic mass is 35.5. The van der Waals surface area contributed by atoms with E-state index in [1.807, 2.05) is 0 Å². The number of hydrogen-bond acceptors (Lipinski definition) is 5. The van der Waals surface area contributed by atoms with E-state index in [1.54, 1.807) is 12.1 Å². The highest BCUT2D eigenvalue weighted by Gasteiger charge is 2.20. The van der Waals surface area contributed by atoms with Gasteiger partial charge in [-0.15, -0.1) is 0 Å². The smallest absolute Gasteiger partial charge is 0.264 e. The van der Waals surface area contributed by atoms with E-state index >= 15 is 0 Å². The molecule has 1 aromatic heterocycles. The molecule has 0 amide bonds. The molecule has 0 fully saturated rings. The highest BCUT2D eigenvalue weighted by molar-refractivity contribution is 7.93. The maximum Gasteiger partial charge on any atom is 0.264 e. The fraction of sp³-hybridized carbons (Fsp3) is 0. The van der Waals surface area contributed by atoms with Gasteiger partial charge in [0, 0.05) is 0 Å². The Morgan fingerprint density at radius 3 is 2.26 bits per heavy atom. The zero-order valence-corrected chi connectivity index (χ0v) is 11.7. The van der Waals surface area contributed by atoms with Gasteiger partial charge in [-0.3, -0.25) is 4.72 Å². The van der Waals surface area contributed by atoms with Gasteiger partial charge >= 0.3 is 0 Å². The van der Waals surface area contributed by atoms with Gasteiger partial charge < -0.3 is 5.73 Å². The fourth-order valence-corrected chi connectivity index (χ4v) is 3.07. The zero-order valence-electron chi connectivity index (χ0n) is 9.34. The molecule has 0 aliphatic heterocycles. The second-order valence-electron chi connectivity index (χ2n) is 3.47. The SMILES string of the molecule is Nc1ccccc1S(=O)(=O)Nc1c(Cl)ncnc1Cl. The van der Waals surface area contributed by atoms with Crippen molar-refractivity contribution < 1.29 is 8.42 Å². The lowest BCUT2D eigenvalue weighted by Crippen LogP contribution is -2.15. The molecule has 100 valence electrons. The van der Waals surface area contributed by atoms with E-state index in [0.29, 0.717) is 0 Å². The van der Waals surface area contributed by atoms with Crippen LogP contribution in [0.5, 0.6) is 0 Å². The summed E-state index contributed by atoms with van der Waals surface area (Å²) in [5, 5.41) is -0.198. The van der Waals surface area contributed by atoms with Gasteiger partial charge in [-0.05, 0) is 12.1 Å². The lowest BCUT2D eigenvalue weighted by atomic mass is 10.3. The molecule has 1 aromatic carbocycles. The predicted molar refractivity (Wildman–Crippen MR) is 73.7 cm³/mol. The van der Waals surface area contributed by atoms with Crippen molar-refractivity contribution in [3.05, 3.63) is 40.9 Å². The summed E-state index contributed by atoms with van der Waals surface area (Å²) in [5.41, 5.74) is 5.64. The van der Waals surface area contributed by atoms with Crippen molar-refractivity contribution in [1.82, 2.24) is 9.97 Å². The molecule has 19 heavy (non-hydrogen) atoms. The van der Waals surface area contributed by atoms with E-state index in [4.69, 9.17) is 28.9 Å². The van der Waals surface area contributed by atoms with Crippen molar-refractivity contribution in [1.29, 1.82) is 0 Å². The van der Waals surface area contributed by atoms with Crippen LogP contribution < -0.4 is 10.5 Å². The average Bonchev–Trinajstić information content (AvgIpc) is 2.34. The van der Waals surface area contributed by atoms with E-state index in [0.717, 1.165) is 6.33 Å². The Bertz CT molecular complexity index is 701. The fourth-order valence-electron chi connectivity index (χ4n) is 1.34. The standard InChI is InChI=1S/C10H8Cl2N4O2S/c11-9-8(10(12)15-5-14-9)16-19(17,18)7-4-2-1-3-6(7)13/h1-5,16H,13H2. The Labute approximate surface area is 119 Å². The van der Waals surface area contributed by atoms with Crippen LogP contribution >= 0.6 is 23.2 Å². The van der Waals surface area contributed by atoms with Crippen LogP contribution in [0.2, 0.25) is 10.3 Å². The average molecular weight is 319 g/mol. The molecule has 0 aliphatic rings. The summed E-state index contributed by atoms with van der Waals surface area (Å²) in [7, 11) is -3.91. The molecule has 0 saturated carbocycles. The first kappa shape index (κ1) is 13.9. The minimum Gasteiger partial charge on any atom is -0.398 e. The Morgan fingerprint density at radius 1 is 1.11 bits per heavy atom. The number of nitrogen functional groups attached to an aromatic ring is 1. The largest absolute Gasteiger partial charge is 0.398 e. The molecule has 0 spiro atoms. The molecule has 3 N–H and O–H groups in total. The molecule has 0 bridgehead atoms. The third-order valence-electron chi connectivity index (χ3n) is 2.20. The van der Waals surface area contributed by atoms with Gasteiger partial charge in [-0.1, -0.05) is 35.3 Å². The van der Waals surface area contributed by atoms with Gasteiger partial charge in [0.1, 0.15) is 16.9 Å². The highest BCUT2D eigenvalue weighted by Crippen LogP contribution is 2.29. The molecule has 0 radical (unpaired) electrons. The zero-order chi connectivity index (χ0) is 14.0. The Morgan fingerprint density at radius 2 is 1.68 bits per heavy atom. The van der Waals surface area contributed by atoms with Crippen molar-refractivity contribution in [2.24, 2.45) is 0 Å². The first-order valence-electron chi connectivity index (χ1n) is 4.95. The summed E-state index contributed by atoms with van der Waals surface area (Å²) in [6.45, 7) is 0. The molecule has 0 unspecified atom stereocenters. The number of sulfonamides is 1. The molecule has 6 nitrogen and oxygen atoms in total. The summed E-state index contributed by atoms with van der Waals surface area (Å²) in [5.74, 6) is 0. The summed E-state index contributed by atoms with van der Waals surface area (Å²) in [6.07, 6.45) is 1.12. The summed E-state index contributed by atoms with van der Waals surface area (Å²) < 4.78 is 26.5. The van der Waals surface area contributed by atoms with Crippen molar-refractivity contribution in [2.75, 3.05) is 10.5 Å². The summed E-state index contributed by atoms with van der Waals surface area (Å²) in [4.78, 5) is 7.23. The van der Waals surface area contributed by atoms with E-state index in [9.17, 15) is 8.42 Å². The van der Waals surface area contributed by atoms with Gasteiger partial charge in [-0.25, -0.2) is 18.4 Å². The number of nitrogens with one attached hydrogen (secondary N) is 1. The number of anilines is 2. The van der Waals surface area contributed by atoms with Gasteiger partial charge in [0.05, 0.1) is 5.69 Å². The van der Waals surface area contributed by atoms with Crippen LogP contribution in [0.4, 0.5) is 11.4 Å². The molecular weight excluding hydrogens is 311 g/mol. The maximum atomic E-state index is 12.2. The van der Waals surface area contributed by atoms with Crippen molar-refractivity contribution in [3.63, 3.8) is 0 Å². The number of nitrogens with two attached hydrogens (primary N) is 1. The van der Waals surface area contributed by atoms with Crippen LogP contribution in [0.15, 0.2) is 35.5 Å². The van der Waals surface area contributed by atoms with Crippen molar-refractivity contribution >= 4 is 44.6 Å². The van der Waals surface area contributed by atoms with Gasteiger partial charge in [0.25, 0.3) is 10.0 Å². The molecule has 2 rings (SSSR count). The Balaban J connectivity index is 2.46. The molecule has 0 aliphatic carbocycles. The third kappa shape index (κ3) is 2.89. The van der Waals surface area contributed by atoms with Gasteiger partial charge in [-0.2, -0.15) is 0 Å². The summed E-state index contributed by atoms with van der Waals surface area (Å²) >= 11 is 11.5. The van der Waals surface area contributed by atoms with Crippen LogP contribution in [-0.4, -0.2) is 18.4 Å².